The quantitative estimate of drug-likeness (QED) is 0.0581. The third kappa shape index (κ3) is 17.3. The van der Waals surface area contributed by atoms with Gasteiger partial charge in [0, 0.05) is 143 Å². The van der Waals surface area contributed by atoms with Gasteiger partial charge in [-0.15, -0.1) is 5.92 Å². The number of fused-ring (bicyclic) bond motifs is 10. The largest absolute Gasteiger partial charge is 0.376 e. The molecule has 28 rings (SSSR count). The third-order valence-electron chi connectivity index (χ3n) is 30.3. The van der Waals surface area contributed by atoms with Gasteiger partial charge in [0.2, 0.25) is 35.4 Å². The molecular weight excluding hydrogens is 2000 g/mol. The normalized spacial score (nSPS) is 24.6. The number of hydrogen-bond acceptors (Lipinski definition) is 26. The molecule has 13 aromatic rings. The first-order chi connectivity index (χ1) is 68.2. The molecule has 6 amide bonds. The van der Waals surface area contributed by atoms with Crippen molar-refractivity contribution < 1.29 is 57.4 Å². The number of halogens is 3. The van der Waals surface area contributed by atoms with Crippen LogP contribution in [0.1, 0.15) is 185 Å². The van der Waals surface area contributed by atoms with Gasteiger partial charge in [0.25, 0.3) is 0 Å². The molecule has 15 aliphatic rings. The number of piperidine rings is 3. The van der Waals surface area contributed by atoms with Crippen molar-refractivity contribution >= 4 is 151 Å². The van der Waals surface area contributed by atoms with Gasteiger partial charge in [0.15, 0.2) is 17.3 Å². The summed E-state index contributed by atoms with van der Waals surface area (Å²) in [4.78, 5) is 168. The number of likely N-dealkylation sites (tertiary alicyclic amines) is 3. The molecule has 3 unspecified atom stereocenters. The first-order valence-corrected chi connectivity index (χ1v) is 49.8. The summed E-state index contributed by atoms with van der Waals surface area (Å²) < 4.78 is 24.4. The van der Waals surface area contributed by atoms with Gasteiger partial charge in [-0.25, -0.2) is 44.9 Å². The van der Waals surface area contributed by atoms with Gasteiger partial charge < -0.3 is 44.9 Å². The molecule has 142 heavy (non-hydrogen) atoms. The van der Waals surface area contributed by atoms with Crippen molar-refractivity contribution in [3.05, 3.63) is 215 Å². The summed E-state index contributed by atoms with van der Waals surface area (Å²) in [5, 5.41) is 33.8. The monoisotopic (exact) mass is 2100 g/mol. The summed E-state index contributed by atoms with van der Waals surface area (Å²) in [6, 6.07) is 24.2. The van der Waals surface area contributed by atoms with Gasteiger partial charge in [-0.1, -0.05) is 24.1 Å². The first-order valence-electron chi connectivity index (χ1n) is 47.4. The van der Waals surface area contributed by atoms with Crippen LogP contribution in [-0.2, 0) is 95.5 Å². The number of carbonyl (C=O) groups excluding carboxylic acids is 9. The third-order valence-corrected chi connectivity index (χ3v) is 31.7. The van der Waals surface area contributed by atoms with Gasteiger partial charge in [0.1, 0.15) is 110 Å². The number of anilines is 3. The lowest BCUT2D eigenvalue weighted by atomic mass is 9.33. The molecule has 38 heteroatoms. The maximum Gasteiger partial charge on any atom is 0.248 e. The van der Waals surface area contributed by atoms with Crippen molar-refractivity contribution in [2.45, 2.75) is 222 Å². The fourth-order valence-electron chi connectivity index (χ4n) is 23.9. The molecule has 0 radical (unpaired) electrons. The minimum Gasteiger partial charge on any atom is -0.376 e. The van der Waals surface area contributed by atoms with E-state index in [9.17, 15) is 43.2 Å². The van der Waals surface area contributed by atoms with Crippen LogP contribution in [-0.4, -0.2) is 201 Å². The molecule has 3 spiro atoms. The number of aromatic nitrogens is 17. The van der Waals surface area contributed by atoms with Crippen LogP contribution in [0, 0.1) is 80.5 Å². The van der Waals surface area contributed by atoms with Crippen LogP contribution >= 0.6 is 47.8 Å². The number of nitrogens with zero attached hydrogens (tertiary/aromatic N) is 20. The zero-order chi connectivity index (χ0) is 98.6. The molecule has 35 nitrogen and oxygen atoms in total. The molecule has 9 atom stereocenters. The van der Waals surface area contributed by atoms with E-state index in [-0.39, 0.29) is 150 Å². The van der Waals surface area contributed by atoms with Crippen LogP contribution in [0.2, 0.25) is 0 Å². The molecule has 3 saturated heterocycles. The lowest BCUT2D eigenvalue weighted by molar-refractivity contribution is -0.242. The Kier molecular flexibility index (Phi) is 23.6. The van der Waals surface area contributed by atoms with E-state index in [0.717, 1.165) is 124 Å². The number of nitrogens with one attached hydrogen (secondary N) is 3. The predicted octanol–water partition coefficient (Wildman–Crippen LogP) is 14.5. The summed E-state index contributed by atoms with van der Waals surface area (Å²) in [5.41, 5.74) is 14.3. The number of ketones is 3. The van der Waals surface area contributed by atoms with Crippen molar-refractivity contribution in [3.63, 3.8) is 0 Å². The van der Waals surface area contributed by atoms with Crippen molar-refractivity contribution in [2.75, 3.05) is 29.2 Å². The number of carbonyl (C=O) groups is 9. The van der Waals surface area contributed by atoms with Gasteiger partial charge >= 0.3 is 0 Å². The maximum absolute atomic E-state index is 14.5. The van der Waals surface area contributed by atoms with E-state index in [4.69, 9.17) is 19.3 Å². The van der Waals surface area contributed by atoms with Crippen molar-refractivity contribution in [1.82, 2.24) is 99.1 Å². The highest BCUT2D eigenvalue weighted by Crippen LogP contribution is 2.80. The second kappa shape index (κ2) is 35.9. The van der Waals surface area contributed by atoms with Crippen LogP contribution in [0.5, 0.6) is 0 Å². The van der Waals surface area contributed by atoms with Crippen molar-refractivity contribution in [2.24, 2.45) is 27.1 Å². The smallest absolute Gasteiger partial charge is 0.248 e. The highest BCUT2D eigenvalue weighted by molar-refractivity contribution is 9.11. The fourth-order valence-corrected chi connectivity index (χ4v) is 24.8. The number of Topliss-reactive ketones (excluding diaryl/α,β-unsaturated/α-hetero) is 3. The lowest BCUT2D eigenvalue weighted by Gasteiger charge is -2.72. The molecule has 19 heterocycles. The summed E-state index contributed by atoms with van der Waals surface area (Å²) >= 11 is 10.2. The Morgan fingerprint density at radius 3 is 1.17 bits per heavy atom. The minimum atomic E-state index is -0.749. The lowest BCUT2D eigenvalue weighted by Crippen LogP contribution is -2.64. The first kappa shape index (κ1) is 93.5. The molecule has 6 saturated carbocycles. The van der Waals surface area contributed by atoms with E-state index in [1.54, 1.807) is 73.2 Å². The van der Waals surface area contributed by atoms with E-state index in [1.165, 1.54) is 20.8 Å². The van der Waals surface area contributed by atoms with Gasteiger partial charge in [-0.2, -0.15) is 25.5 Å². The van der Waals surface area contributed by atoms with Crippen LogP contribution in [0.4, 0.5) is 17.5 Å². The summed E-state index contributed by atoms with van der Waals surface area (Å²) in [6.45, 7) is 17.5. The number of pyridine rings is 3. The number of rotatable bonds is 12. The van der Waals surface area contributed by atoms with Crippen LogP contribution < -0.4 is 16.0 Å². The zero-order valence-corrected chi connectivity index (χ0v) is 84.1. The molecule has 9 aliphatic heterocycles. The molecule has 10 aromatic heterocycles. The highest BCUT2D eigenvalue weighted by Gasteiger charge is 2.75. The van der Waals surface area contributed by atoms with E-state index in [0.29, 0.717) is 137 Å². The molecule has 9 fully saturated rings. The van der Waals surface area contributed by atoms with Crippen molar-refractivity contribution in [3.8, 4) is 45.2 Å². The summed E-state index contributed by atoms with van der Waals surface area (Å²) in [7, 11) is 0. The van der Waals surface area contributed by atoms with Crippen LogP contribution in [0.15, 0.2) is 136 Å². The van der Waals surface area contributed by atoms with Crippen LogP contribution in [0.25, 0.3) is 66.1 Å². The average molecular weight is 2100 g/mol. The second-order valence-electron chi connectivity index (χ2n) is 40.4. The Hall–Kier alpha value is -13.5. The summed E-state index contributed by atoms with van der Waals surface area (Å²) in [6.07, 6.45) is 20.3. The zero-order valence-electron chi connectivity index (χ0n) is 79.3. The highest BCUT2D eigenvalue weighted by atomic mass is 79.9. The van der Waals surface area contributed by atoms with E-state index in [2.05, 4.69) is 141 Å². The topological polar surface area (TPSA) is 422 Å². The average Bonchev–Trinajstić information content (AvgIpc) is 1.41. The van der Waals surface area contributed by atoms with Gasteiger partial charge in [-0.3, -0.25) is 57.2 Å². The SMILES string of the molecule is CC(=O)c1nn(CC(=O)N2C3C[C@@]4(CC#CCOCc5ccc(Br)nc5NC3=O)C[C@@H]24)c2c(C)cc(-c3cnc(C)nc3)cc12.CC(=O)c1nn(CC(=O)N2C3C[C@@]4(Cc5ccc(nn5)COCc5ccc(Br)nc5NC3=O)C[C@@H]24)c2c(C)cc(-c3cnc(C)nc3)cc12.CC(=O)c1nn(CC(=O)N2C3C[C@]4(C[C@@H]24)CC24CC(COCc5ccc(Br)nc5NC3=O)(C2)C4)c2c(C)cc(-c3cnc(C)nc3)cc12. The molecule has 722 valence electrons. The van der Waals surface area contributed by atoms with E-state index in [1.807, 2.05) is 119 Å². The molecule has 3 aromatic carbocycles. The standard InChI is InChI=1S/C36H36BrN7O4.C35H32BrN9O4.C33H30BrN7O4/c1-19-6-23(24-10-38-21(3)39-11-24)7-25-30(20(2)45)42-43(31(19)25)12-29(46)44-26-8-36(9-27(36)44)17-34-14-35(15-34,16-34)18-48-13-22-4-5-28(37)40-32(22)41-33(26)47;1-18-8-22(23-13-37-20(3)38-14-23)9-26-31(19(2)46)43-44(32(18)26)15-30(47)45-27-11-35(12-28(35)45)10-24-5-6-25(42-41-24)17-49-16-21-4-7-29(36)39-33(21)40-34(27)48;1-18-10-22(23-14-35-20(3)36-15-23)11-24-29(19(2)42)39-40(30(18)24)16-28(43)41-25-12-33(13-26(33)41)8-4-5-9-45-17-21-6-7-27(34)37-31(21)38-32(25)44/h4-7,10-11,26-27H,8-9,12-18H2,1-3H3,(H,40,41,47);4-9,13-14,27-28H,10-12,15-17H2,1-3H3,(H,39,40,48);6-7,10-11,14-15,25-26H,8-9,12-13,16-17H2,1-3H3,(H,37,38,44)/t26?,27-,34?,35?,36+;27?,28-,35+;25?,26-,33+/m111/s1. The number of ether oxygens (including phenoxy) is 3. The summed E-state index contributed by atoms with van der Waals surface area (Å²) in [5.74, 6) is 7.41. The Bertz CT molecular complexity index is 7590. The van der Waals surface area contributed by atoms with Gasteiger partial charge in [0.05, 0.1) is 61.0 Å². The Balaban J connectivity index is 0.000000122. The number of aryl methyl sites for hydroxylation is 6. The Labute approximate surface area is 839 Å². The Morgan fingerprint density at radius 1 is 0.401 bits per heavy atom. The van der Waals surface area contributed by atoms with Crippen LogP contribution in [0.3, 0.4) is 0 Å². The predicted molar refractivity (Wildman–Crippen MR) is 530 cm³/mol. The number of benzene rings is 3. The van der Waals surface area contributed by atoms with E-state index >= 15 is 0 Å². The number of amides is 6. The van der Waals surface area contributed by atoms with Gasteiger partial charge in [-0.05, 0) is 276 Å². The Morgan fingerprint density at radius 2 is 0.761 bits per heavy atom. The molecule has 3 N–H and O–H groups in total. The minimum absolute atomic E-state index is 0.00498. The maximum atomic E-state index is 14.5. The molecule has 10 bridgehead atoms. The fraction of sp³-hybridized carbons (Fsp3) is 0.394. The molecule has 6 aliphatic carbocycles. The number of hydrogen-bond donors (Lipinski definition) is 3. The molecular formula is C104H98Br3N23O12. The van der Waals surface area contributed by atoms with E-state index < -0.39 is 18.1 Å². The second-order valence-corrected chi connectivity index (χ2v) is 42.9. The van der Waals surface area contributed by atoms with Crippen molar-refractivity contribution in [1.29, 1.82) is 0 Å².